The van der Waals surface area contributed by atoms with E-state index in [1.807, 2.05) is 41.2 Å². The number of anilines is 4. The number of hydrazine groups is 1. The zero-order chi connectivity index (χ0) is 40.5. The maximum Gasteiger partial charge on any atom is 0.251 e. The molecule has 4 N–H and O–H groups in total. The lowest BCUT2D eigenvalue weighted by Crippen LogP contribution is -2.43. The number of piperidine rings is 2. The summed E-state index contributed by atoms with van der Waals surface area (Å²) in [6, 6.07) is 27.2. The van der Waals surface area contributed by atoms with Crippen molar-refractivity contribution in [3.05, 3.63) is 107 Å². The van der Waals surface area contributed by atoms with E-state index in [9.17, 15) is 24.0 Å². The van der Waals surface area contributed by atoms with Crippen molar-refractivity contribution in [2.24, 2.45) is 0 Å². The molecule has 0 radical (unpaired) electrons. The summed E-state index contributed by atoms with van der Waals surface area (Å²) in [6.07, 6.45) is 4.19. The fourth-order valence-corrected chi connectivity index (χ4v) is 8.88. The van der Waals surface area contributed by atoms with Crippen molar-refractivity contribution in [1.82, 2.24) is 21.0 Å². The van der Waals surface area contributed by atoms with Gasteiger partial charge in [0, 0.05) is 87.3 Å². The minimum Gasteiger partial charge on any atom is -0.371 e. The Balaban J connectivity index is 1.01. The summed E-state index contributed by atoms with van der Waals surface area (Å²) < 4.78 is 0. The predicted octanol–water partition coefficient (Wildman–Crippen LogP) is 5.10. The Morgan fingerprint density at radius 2 is 1.67 bits per heavy atom. The molecule has 3 fully saturated rings. The summed E-state index contributed by atoms with van der Waals surface area (Å²) in [5.74, 6) is -1.07. The first-order valence-electron chi connectivity index (χ1n) is 20.2. The third-order valence-corrected chi connectivity index (χ3v) is 12.1. The summed E-state index contributed by atoms with van der Waals surface area (Å²) in [7, 11) is 5.63. The number of hydrogen-bond acceptors (Lipinski definition) is 9. The Hall–Kier alpha value is -6.05. The van der Waals surface area contributed by atoms with Gasteiger partial charge in [0.15, 0.2) is 0 Å². The molecular formula is C45H50N8O5. The number of hydrogen-bond donors (Lipinski definition) is 4. The number of nitrogens with zero attached hydrogens (tertiary/aromatic N) is 4. The Bertz CT molecular complexity index is 2270. The Kier molecular flexibility index (Phi) is 11.0. The van der Waals surface area contributed by atoms with Crippen LogP contribution in [0.1, 0.15) is 77.5 Å². The number of rotatable bonds is 10. The van der Waals surface area contributed by atoms with E-state index in [-0.39, 0.29) is 35.5 Å². The largest absolute Gasteiger partial charge is 0.371 e. The van der Waals surface area contributed by atoms with Crippen LogP contribution in [0, 0.1) is 0 Å². The lowest BCUT2D eigenvalue weighted by Gasteiger charge is -2.38. The zero-order valence-electron chi connectivity index (χ0n) is 33.2. The van der Waals surface area contributed by atoms with Crippen LogP contribution in [-0.4, -0.2) is 81.3 Å². The summed E-state index contributed by atoms with van der Waals surface area (Å²) in [5.41, 5.74) is 12.1. The average molecular weight is 783 g/mol. The minimum absolute atomic E-state index is 0.141. The highest BCUT2D eigenvalue weighted by Crippen LogP contribution is 2.39. The van der Waals surface area contributed by atoms with E-state index in [0.29, 0.717) is 49.6 Å². The Morgan fingerprint density at radius 3 is 2.43 bits per heavy atom. The van der Waals surface area contributed by atoms with Gasteiger partial charge in [-0.2, -0.15) is 0 Å². The van der Waals surface area contributed by atoms with Crippen molar-refractivity contribution < 1.29 is 24.0 Å². The van der Waals surface area contributed by atoms with E-state index in [1.54, 1.807) is 31.3 Å². The Morgan fingerprint density at radius 1 is 0.862 bits per heavy atom. The van der Waals surface area contributed by atoms with Crippen LogP contribution in [0.3, 0.4) is 0 Å². The lowest BCUT2D eigenvalue weighted by atomic mass is 9.90. The van der Waals surface area contributed by atoms with Crippen molar-refractivity contribution in [3.8, 4) is 11.1 Å². The molecule has 13 nitrogen and oxygen atoms in total. The van der Waals surface area contributed by atoms with Crippen molar-refractivity contribution >= 4 is 52.3 Å². The van der Waals surface area contributed by atoms with Crippen molar-refractivity contribution in [1.29, 1.82) is 0 Å². The molecule has 0 aromatic heterocycles. The van der Waals surface area contributed by atoms with Crippen molar-refractivity contribution in [3.63, 3.8) is 0 Å². The normalized spacial score (nSPS) is 19.7. The second-order valence-electron chi connectivity index (χ2n) is 15.8. The third kappa shape index (κ3) is 7.92. The molecule has 58 heavy (non-hydrogen) atoms. The number of imide groups is 1. The highest BCUT2D eigenvalue weighted by molar-refractivity contribution is 6.02. The van der Waals surface area contributed by atoms with Gasteiger partial charge >= 0.3 is 0 Å². The SMILES string of the molecule is CNC(=O)c1cccc(NC(=O)C2NN(C)c3ccc(-c4ccc(N5CCCC5=O)cc4CN(C)C4CCN(c5cccc(C6CCC(=O)NC6=O)c5)CC4)cc32)c1. The van der Waals surface area contributed by atoms with Gasteiger partial charge in [-0.25, -0.2) is 5.43 Å². The monoisotopic (exact) mass is 782 g/mol. The molecule has 13 heteroatoms. The highest BCUT2D eigenvalue weighted by Gasteiger charge is 2.33. The van der Waals surface area contributed by atoms with E-state index in [4.69, 9.17) is 0 Å². The van der Waals surface area contributed by atoms with Crippen molar-refractivity contribution in [2.45, 2.75) is 63.1 Å². The van der Waals surface area contributed by atoms with Gasteiger partial charge in [0.2, 0.25) is 23.6 Å². The van der Waals surface area contributed by atoms with Crippen LogP contribution >= 0.6 is 0 Å². The minimum atomic E-state index is -0.661. The molecule has 2 unspecified atom stereocenters. The standard InChI is InChI=1S/C45H50N8O5/c1-46-43(56)30-8-4-9-32(23-30)47-45(58)42-38-26-29(12-16-39(38)51(3)49-42)36-14-13-35(53-20-6-11-41(53)55)25-31(36)27-50(2)33-18-21-52(22-19-33)34-10-5-7-28(24-34)37-15-17-40(54)48-44(37)57/h4-5,7-10,12-14,16,23-26,33,37,42,49H,6,11,15,17-22,27H2,1-3H3,(H,46,56)(H,47,58)(H,48,54,57). The second kappa shape index (κ2) is 16.4. The summed E-state index contributed by atoms with van der Waals surface area (Å²) >= 11 is 0. The molecule has 4 aliphatic heterocycles. The van der Waals surface area contributed by atoms with E-state index < -0.39 is 6.04 Å². The Labute approximate surface area is 338 Å². The molecule has 2 atom stereocenters. The van der Waals surface area contributed by atoms with E-state index in [1.165, 1.54) is 0 Å². The average Bonchev–Trinajstić information content (AvgIpc) is 3.82. The van der Waals surface area contributed by atoms with Gasteiger partial charge in [-0.05, 0) is 110 Å². The van der Waals surface area contributed by atoms with Gasteiger partial charge < -0.3 is 25.4 Å². The van der Waals surface area contributed by atoms with Crippen LogP contribution in [-0.2, 0) is 25.7 Å². The van der Waals surface area contributed by atoms with E-state index in [0.717, 1.165) is 77.2 Å². The molecule has 300 valence electrons. The number of carbonyl (C=O) groups is 5. The smallest absolute Gasteiger partial charge is 0.251 e. The molecule has 4 aliphatic rings. The van der Waals surface area contributed by atoms with Crippen LogP contribution in [0.4, 0.5) is 22.7 Å². The maximum atomic E-state index is 13.8. The molecule has 0 saturated carbocycles. The lowest BCUT2D eigenvalue weighted by molar-refractivity contribution is -0.134. The molecule has 3 saturated heterocycles. The molecule has 4 aromatic rings. The molecule has 8 rings (SSSR count). The number of amides is 5. The van der Waals surface area contributed by atoms with Crippen LogP contribution < -0.4 is 36.2 Å². The van der Waals surface area contributed by atoms with Crippen molar-refractivity contribution in [2.75, 3.05) is 60.9 Å². The van der Waals surface area contributed by atoms with Crippen LogP contribution in [0.15, 0.2) is 84.9 Å². The van der Waals surface area contributed by atoms with Crippen LogP contribution in [0.25, 0.3) is 11.1 Å². The number of benzene rings is 4. The fraction of sp³-hybridized carbons (Fsp3) is 0.356. The molecule has 0 spiro atoms. The molecule has 0 aliphatic carbocycles. The predicted molar refractivity (Wildman–Crippen MR) is 224 cm³/mol. The first-order valence-corrected chi connectivity index (χ1v) is 20.2. The first-order chi connectivity index (χ1) is 28.1. The molecule has 4 heterocycles. The molecule has 4 aromatic carbocycles. The molecule has 0 bridgehead atoms. The number of nitrogens with one attached hydrogen (secondary N) is 4. The van der Waals surface area contributed by atoms with Crippen LogP contribution in [0.5, 0.6) is 0 Å². The summed E-state index contributed by atoms with van der Waals surface area (Å²) in [6.45, 7) is 3.11. The van der Waals surface area contributed by atoms with E-state index >= 15 is 0 Å². The van der Waals surface area contributed by atoms with E-state index in [2.05, 4.69) is 74.6 Å². The van der Waals surface area contributed by atoms with Gasteiger partial charge in [0.1, 0.15) is 6.04 Å². The topological polar surface area (TPSA) is 146 Å². The summed E-state index contributed by atoms with van der Waals surface area (Å²) in [5, 5.41) is 9.96. The first kappa shape index (κ1) is 38.8. The zero-order valence-corrected chi connectivity index (χ0v) is 33.2. The number of fused-ring (bicyclic) bond motifs is 1. The third-order valence-electron chi connectivity index (χ3n) is 12.1. The molecular weight excluding hydrogens is 733 g/mol. The molecule has 5 amide bonds. The van der Waals surface area contributed by atoms with Gasteiger partial charge in [0.25, 0.3) is 5.91 Å². The van der Waals surface area contributed by atoms with Gasteiger partial charge in [-0.3, -0.25) is 34.2 Å². The van der Waals surface area contributed by atoms with Gasteiger partial charge in [0.05, 0.1) is 11.6 Å². The quantitative estimate of drug-likeness (QED) is 0.162. The maximum absolute atomic E-state index is 13.8. The van der Waals surface area contributed by atoms with Gasteiger partial charge in [-0.1, -0.05) is 30.3 Å². The number of carbonyl (C=O) groups excluding carboxylic acids is 5. The van der Waals surface area contributed by atoms with Crippen LogP contribution in [0.2, 0.25) is 0 Å². The highest BCUT2D eigenvalue weighted by atomic mass is 16.2. The van der Waals surface area contributed by atoms with Gasteiger partial charge in [-0.15, -0.1) is 0 Å². The second-order valence-corrected chi connectivity index (χ2v) is 15.8. The fourth-order valence-electron chi connectivity index (χ4n) is 8.88. The summed E-state index contributed by atoms with van der Waals surface area (Å²) in [4.78, 5) is 69.9.